The monoisotopic (exact) mass is 433 g/mol. The van der Waals surface area contributed by atoms with Crippen molar-refractivity contribution in [3.8, 4) is 0 Å². The van der Waals surface area contributed by atoms with Gasteiger partial charge in [-0.3, -0.25) is 14.4 Å². The second-order valence-corrected chi connectivity index (χ2v) is 7.97. The molecule has 0 bridgehead atoms. The van der Waals surface area contributed by atoms with Gasteiger partial charge in [0.25, 0.3) is 5.91 Å². The Labute approximate surface area is 189 Å². The molecule has 1 aliphatic carbocycles. The van der Waals surface area contributed by atoms with Gasteiger partial charge in [-0.1, -0.05) is 55.0 Å². The van der Waals surface area contributed by atoms with Crippen molar-refractivity contribution in [2.24, 2.45) is 0 Å². The van der Waals surface area contributed by atoms with Crippen molar-refractivity contribution < 1.29 is 14.4 Å². The summed E-state index contributed by atoms with van der Waals surface area (Å²) in [6, 6.07) is 14.7. The van der Waals surface area contributed by atoms with Crippen LogP contribution in [-0.4, -0.2) is 24.3 Å². The van der Waals surface area contributed by atoms with Crippen LogP contribution in [0.25, 0.3) is 0 Å². The molecule has 0 saturated heterocycles. The third kappa shape index (κ3) is 6.80. The average Bonchev–Trinajstić information content (AvgIpc) is 2.83. The van der Waals surface area contributed by atoms with Gasteiger partial charge in [-0.15, -0.1) is 0 Å². The minimum absolute atomic E-state index is 0.307. The number of aryl methyl sites for hydroxylation is 1. The van der Waals surface area contributed by atoms with Crippen molar-refractivity contribution >= 4 is 23.4 Å². The number of hydrogen-bond donors (Lipinski definition) is 3. The van der Waals surface area contributed by atoms with E-state index in [9.17, 15) is 14.4 Å². The highest BCUT2D eigenvalue weighted by molar-refractivity contribution is 6.40. The maximum atomic E-state index is 12.7. The molecule has 0 spiro atoms. The zero-order valence-electron chi connectivity index (χ0n) is 18.6. The Balaban J connectivity index is 1.52. The van der Waals surface area contributed by atoms with Crippen LogP contribution in [0.5, 0.6) is 0 Å². The molecule has 1 aliphatic rings. The summed E-state index contributed by atoms with van der Waals surface area (Å²) in [5.41, 5.74) is 4.18. The zero-order valence-corrected chi connectivity index (χ0v) is 18.6. The summed E-state index contributed by atoms with van der Waals surface area (Å²) in [5.74, 6) is -1.80. The number of carbonyl (C=O) groups is 3. The number of amides is 3. The topological polar surface area (TPSA) is 87.3 Å². The van der Waals surface area contributed by atoms with E-state index in [1.54, 1.807) is 24.3 Å². The minimum Gasteiger partial charge on any atom is -0.348 e. The summed E-state index contributed by atoms with van der Waals surface area (Å²) in [6.45, 7) is 2.90. The maximum Gasteiger partial charge on any atom is 0.313 e. The van der Waals surface area contributed by atoms with E-state index >= 15 is 0 Å². The van der Waals surface area contributed by atoms with Gasteiger partial charge in [0.1, 0.15) is 0 Å². The van der Waals surface area contributed by atoms with Crippen LogP contribution in [0.1, 0.15) is 60.5 Å². The Kier molecular flexibility index (Phi) is 8.61. The third-order valence-electron chi connectivity index (χ3n) is 5.63. The summed E-state index contributed by atoms with van der Waals surface area (Å²) in [5, 5.41) is 8.10. The Morgan fingerprint density at radius 3 is 2.34 bits per heavy atom. The number of allylic oxidation sites excluding steroid dienone is 1. The first kappa shape index (κ1) is 23.3. The van der Waals surface area contributed by atoms with Crippen LogP contribution in [-0.2, 0) is 22.6 Å². The Hall–Kier alpha value is -3.41. The summed E-state index contributed by atoms with van der Waals surface area (Å²) in [4.78, 5) is 37.2. The van der Waals surface area contributed by atoms with E-state index in [0.717, 1.165) is 31.2 Å². The molecule has 2 aromatic carbocycles. The maximum absolute atomic E-state index is 12.7. The number of para-hydroxylation sites is 1. The Morgan fingerprint density at radius 1 is 0.875 bits per heavy atom. The number of benzene rings is 2. The number of nitrogens with one attached hydrogen (secondary N) is 3. The molecule has 168 valence electrons. The van der Waals surface area contributed by atoms with Gasteiger partial charge >= 0.3 is 11.8 Å². The molecule has 3 amide bonds. The van der Waals surface area contributed by atoms with E-state index in [1.807, 2.05) is 24.3 Å². The van der Waals surface area contributed by atoms with Gasteiger partial charge in [-0.05, 0) is 61.8 Å². The molecule has 3 rings (SSSR count). The molecular formula is C26H31N3O3. The van der Waals surface area contributed by atoms with Gasteiger partial charge < -0.3 is 16.0 Å². The summed E-state index contributed by atoms with van der Waals surface area (Å²) >= 11 is 0. The van der Waals surface area contributed by atoms with Gasteiger partial charge in [-0.2, -0.15) is 0 Å². The molecule has 0 atom stereocenters. The van der Waals surface area contributed by atoms with Crippen LogP contribution in [0.4, 0.5) is 5.69 Å². The molecule has 32 heavy (non-hydrogen) atoms. The first-order chi connectivity index (χ1) is 15.6. The summed E-state index contributed by atoms with van der Waals surface area (Å²) < 4.78 is 0. The second-order valence-electron chi connectivity index (χ2n) is 7.97. The smallest absolute Gasteiger partial charge is 0.313 e. The molecule has 2 aromatic rings. The van der Waals surface area contributed by atoms with E-state index in [4.69, 9.17) is 0 Å². The van der Waals surface area contributed by atoms with Gasteiger partial charge in [0.2, 0.25) is 0 Å². The molecule has 0 aliphatic heterocycles. The normalized spacial score (nSPS) is 13.1. The first-order valence-electron chi connectivity index (χ1n) is 11.3. The molecule has 6 heteroatoms. The number of rotatable bonds is 8. The van der Waals surface area contributed by atoms with Gasteiger partial charge in [0, 0.05) is 13.1 Å². The van der Waals surface area contributed by atoms with Crippen LogP contribution in [0.2, 0.25) is 0 Å². The summed E-state index contributed by atoms with van der Waals surface area (Å²) in [6.07, 6.45) is 8.50. The Bertz CT molecular complexity index is 980. The lowest BCUT2D eigenvalue weighted by Gasteiger charge is -2.13. The second kappa shape index (κ2) is 11.8. The largest absolute Gasteiger partial charge is 0.348 e. The molecular weight excluding hydrogens is 402 g/mol. The molecule has 0 heterocycles. The van der Waals surface area contributed by atoms with Crippen LogP contribution >= 0.6 is 0 Å². The van der Waals surface area contributed by atoms with Crippen molar-refractivity contribution in [3.05, 3.63) is 76.9 Å². The predicted molar refractivity (Wildman–Crippen MR) is 126 cm³/mol. The fourth-order valence-corrected chi connectivity index (χ4v) is 3.69. The molecule has 0 saturated carbocycles. The van der Waals surface area contributed by atoms with E-state index in [-0.39, 0.29) is 5.91 Å². The van der Waals surface area contributed by atoms with Crippen molar-refractivity contribution in [2.75, 3.05) is 11.9 Å². The van der Waals surface area contributed by atoms with Crippen LogP contribution in [0, 0.1) is 0 Å². The van der Waals surface area contributed by atoms with Crippen molar-refractivity contribution in [3.63, 3.8) is 0 Å². The minimum atomic E-state index is -0.780. The summed E-state index contributed by atoms with van der Waals surface area (Å²) in [7, 11) is 0. The number of anilines is 1. The lowest BCUT2D eigenvalue weighted by molar-refractivity contribution is -0.136. The van der Waals surface area contributed by atoms with E-state index in [0.29, 0.717) is 24.3 Å². The zero-order chi connectivity index (χ0) is 22.8. The lowest BCUT2D eigenvalue weighted by Crippen LogP contribution is -2.36. The lowest BCUT2D eigenvalue weighted by atomic mass is 9.97. The molecule has 0 aromatic heterocycles. The average molecular weight is 434 g/mol. The molecule has 6 nitrogen and oxygen atoms in total. The molecule has 0 radical (unpaired) electrons. The number of carbonyl (C=O) groups excluding carboxylic acids is 3. The standard InChI is InChI=1S/C26H31N3O3/c1-2-19-12-14-21(15-13-19)18-28-24(30)22-10-6-7-11-23(22)29-26(32)25(31)27-17-16-20-8-4-3-5-9-20/h6-8,10-15H,2-5,9,16-18H2,1H3,(H,27,31)(H,28,30)(H,29,32). The fraction of sp³-hybridized carbons (Fsp3) is 0.346. The van der Waals surface area contributed by atoms with Crippen LogP contribution in [0.15, 0.2) is 60.2 Å². The van der Waals surface area contributed by atoms with E-state index < -0.39 is 11.8 Å². The number of hydrogen-bond acceptors (Lipinski definition) is 3. The highest BCUT2D eigenvalue weighted by atomic mass is 16.2. The van der Waals surface area contributed by atoms with E-state index in [2.05, 4.69) is 29.0 Å². The van der Waals surface area contributed by atoms with Crippen molar-refractivity contribution in [1.82, 2.24) is 10.6 Å². The third-order valence-corrected chi connectivity index (χ3v) is 5.63. The SMILES string of the molecule is CCc1ccc(CNC(=O)c2ccccc2NC(=O)C(=O)NCCC2=CCCCC2)cc1. The first-order valence-corrected chi connectivity index (χ1v) is 11.3. The van der Waals surface area contributed by atoms with Gasteiger partial charge in [0.15, 0.2) is 0 Å². The fourth-order valence-electron chi connectivity index (χ4n) is 3.69. The molecule has 3 N–H and O–H groups in total. The van der Waals surface area contributed by atoms with Gasteiger partial charge in [0.05, 0.1) is 11.3 Å². The van der Waals surface area contributed by atoms with Crippen molar-refractivity contribution in [2.45, 2.75) is 52.0 Å². The highest BCUT2D eigenvalue weighted by Crippen LogP contribution is 2.19. The van der Waals surface area contributed by atoms with E-state index in [1.165, 1.54) is 24.0 Å². The Morgan fingerprint density at radius 2 is 1.62 bits per heavy atom. The molecule has 0 unspecified atom stereocenters. The van der Waals surface area contributed by atoms with Crippen LogP contribution < -0.4 is 16.0 Å². The van der Waals surface area contributed by atoms with Gasteiger partial charge in [-0.25, -0.2) is 0 Å². The highest BCUT2D eigenvalue weighted by Gasteiger charge is 2.18. The quantitative estimate of drug-likeness (QED) is 0.432. The molecule has 0 fully saturated rings. The predicted octanol–water partition coefficient (Wildman–Crippen LogP) is 4.12. The van der Waals surface area contributed by atoms with Crippen molar-refractivity contribution in [1.29, 1.82) is 0 Å². The van der Waals surface area contributed by atoms with Crippen LogP contribution in [0.3, 0.4) is 0 Å².